The van der Waals surface area contributed by atoms with Crippen LogP contribution in [0.4, 0.5) is 0 Å². The van der Waals surface area contributed by atoms with Gasteiger partial charge in [-0.2, -0.15) is 0 Å². The number of pyridine rings is 1. The highest BCUT2D eigenvalue weighted by molar-refractivity contribution is 5.83. The van der Waals surface area contributed by atoms with E-state index in [2.05, 4.69) is 39.6 Å². The van der Waals surface area contributed by atoms with Crippen LogP contribution >= 0.6 is 0 Å². The Bertz CT molecular complexity index is 1130. The number of H-pyrrole nitrogens is 1. The molecule has 9 heteroatoms. The van der Waals surface area contributed by atoms with Crippen LogP contribution in [0.25, 0.3) is 10.9 Å². The van der Waals surface area contributed by atoms with Crippen molar-refractivity contribution in [2.45, 2.75) is 45.4 Å². The lowest BCUT2D eigenvalue weighted by molar-refractivity contribution is -0.933. The topological polar surface area (TPSA) is 99.4 Å². The van der Waals surface area contributed by atoms with Gasteiger partial charge in [0.05, 0.1) is 36.9 Å². The second-order valence-corrected chi connectivity index (χ2v) is 8.66. The Labute approximate surface area is 180 Å². The zero-order chi connectivity index (χ0) is 21.4. The highest BCUT2D eigenvalue weighted by Crippen LogP contribution is 2.23. The van der Waals surface area contributed by atoms with Crippen molar-refractivity contribution in [2.75, 3.05) is 32.9 Å². The van der Waals surface area contributed by atoms with Gasteiger partial charge >= 0.3 is 0 Å². The lowest BCUT2D eigenvalue weighted by Crippen LogP contribution is -3.14. The molecule has 2 N–H and O–H groups in total. The van der Waals surface area contributed by atoms with Gasteiger partial charge in [-0.1, -0.05) is 11.6 Å². The first-order valence-electron chi connectivity index (χ1n) is 11.0. The van der Waals surface area contributed by atoms with E-state index < -0.39 is 0 Å². The molecule has 0 amide bonds. The molecule has 4 heterocycles. The van der Waals surface area contributed by atoms with Crippen molar-refractivity contribution in [1.29, 1.82) is 0 Å². The standard InChI is InChI=1S/C22H28N6O3/c1-14-10-15(2)19-16(11-14)12-18(22(29)23-19)20(27-5-8-30-9-6-27)21-24-25-26-28(21)13-17-4-3-7-31-17/h10-12,17,20H,3-9,13H2,1-2H3,(H,23,29)/p+1/t17-,20-/m1/s1. The van der Waals surface area contributed by atoms with E-state index in [9.17, 15) is 4.79 Å². The molecule has 0 aliphatic carbocycles. The van der Waals surface area contributed by atoms with Crippen molar-refractivity contribution in [3.8, 4) is 0 Å². The van der Waals surface area contributed by atoms with E-state index in [-0.39, 0.29) is 17.7 Å². The third-order valence-corrected chi connectivity index (χ3v) is 6.39. The Morgan fingerprint density at radius 1 is 1.23 bits per heavy atom. The number of nitrogens with zero attached hydrogens (tertiary/aromatic N) is 4. The van der Waals surface area contributed by atoms with E-state index in [1.54, 1.807) is 0 Å². The number of tetrazole rings is 1. The molecule has 0 radical (unpaired) electrons. The molecule has 2 aliphatic rings. The Morgan fingerprint density at radius 2 is 2.06 bits per heavy atom. The first kappa shape index (κ1) is 20.3. The molecule has 2 fully saturated rings. The van der Waals surface area contributed by atoms with Crippen LogP contribution in [0, 0.1) is 13.8 Å². The van der Waals surface area contributed by atoms with Crippen LogP contribution in [0.3, 0.4) is 0 Å². The lowest BCUT2D eigenvalue weighted by atomic mass is 10.0. The van der Waals surface area contributed by atoms with Gasteiger partial charge in [0.2, 0.25) is 5.82 Å². The van der Waals surface area contributed by atoms with Crippen molar-refractivity contribution >= 4 is 10.9 Å². The molecular formula is C22H29N6O3+. The number of rotatable bonds is 5. The molecule has 0 unspecified atom stereocenters. The van der Waals surface area contributed by atoms with Crippen molar-refractivity contribution in [3.05, 3.63) is 51.1 Å². The predicted molar refractivity (Wildman–Crippen MR) is 114 cm³/mol. The number of hydrogen-bond donors (Lipinski definition) is 2. The minimum Gasteiger partial charge on any atom is -0.376 e. The fraction of sp³-hybridized carbons (Fsp3) is 0.545. The van der Waals surface area contributed by atoms with Gasteiger partial charge in [0, 0.05) is 6.61 Å². The van der Waals surface area contributed by atoms with Crippen molar-refractivity contribution in [1.82, 2.24) is 25.2 Å². The third-order valence-electron chi connectivity index (χ3n) is 6.39. The maximum Gasteiger partial charge on any atom is 0.258 e. The van der Waals surface area contributed by atoms with E-state index in [0.29, 0.717) is 31.1 Å². The van der Waals surface area contributed by atoms with Gasteiger partial charge in [0.15, 0.2) is 6.04 Å². The zero-order valence-corrected chi connectivity index (χ0v) is 18.1. The van der Waals surface area contributed by atoms with E-state index in [1.807, 2.05) is 17.7 Å². The molecule has 2 atom stereocenters. The second-order valence-electron chi connectivity index (χ2n) is 8.66. The highest BCUT2D eigenvalue weighted by Gasteiger charge is 2.35. The summed E-state index contributed by atoms with van der Waals surface area (Å²) in [4.78, 5) is 17.7. The molecular weight excluding hydrogens is 396 g/mol. The van der Waals surface area contributed by atoms with Crippen LogP contribution in [-0.4, -0.2) is 64.2 Å². The van der Waals surface area contributed by atoms with Gasteiger partial charge in [-0.15, -0.1) is 5.10 Å². The van der Waals surface area contributed by atoms with E-state index >= 15 is 0 Å². The SMILES string of the molecule is Cc1cc(C)c2[nH]c(=O)c([C@H](c3nnnn3C[C@H]3CCCO3)[NH+]3CCOCC3)cc2c1. The highest BCUT2D eigenvalue weighted by atomic mass is 16.5. The van der Waals surface area contributed by atoms with E-state index in [1.165, 1.54) is 10.5 Å². The molecule has 164 valence electrons. The molecule has 5 rings (SSSR count). The van der Waals surface area contributed by atoms with Gasteiger partial charge in [0.1, 0.15) is 13.1 Å². The first-order valence-corrected chi connectivity index (χ1v) is 11.0. The number of fused-ring (bicyclic) bond motifs is 1. The summed E-state index contributed by atoms with van der Waals surface area (Å²) in [7, 11) is 0. The zero-order valence-electron chi connectivity index (χ0n) is 18.1. The summed E-state index contributed by atoms with van der Waals surface area (Å²) in [5, 5.41) is 13.7. The van der Waals surface area contributed by atoms with Crippen LogP contribution in [0.15, 0.2) is 23.0 Å². The number of aromatic amines is 1. The predicted octanol–water partition coefficient (Wildman–Crippen LogP) is 0.315. The second kappa shape index (κ2) is 8.49. The molecule has 0 bridgehead atoms. The molecule has 31 heavy (non-hydrogen) atoms. The molecule has 0 spiro atoms. The summed E-state index contributed by atoms with van der Waals surface area (Å²) >= 11 is 0. The van der Waals surface area contributed by atoms with Gasteiger partial charge in [-0.05, 0) is 60.2 Å². The maximum absolute atomic E-state index is 13.3. The van der Waals surface area contributed by atoms with Gasteiger partial charge in [0.25, 0.3) is 5.56 Å². The minimum absolute atomic E-state index is 0.0879. The monoisotopic (exact) mass is 425 g/mol. The van der Waals surface area contributed by atoms with Crippen LogP contribution in [0.5, 0.6) is 0 Å². The largest absolute Gasteiger partial charge is 0.376 e. The van der Waals surface area contributed by atoms with Gasteiger partial charge < -0.3 is 19.4 Å². The van der Waals surface area contributed by atoms with Crippen molar-refractivity contribution < 1.29 is 14.4 Å². The fourth-order valence-corrected chi connectivity index (χ4v) is 4.91. The minimum atomic E-state index is -0.269. The maximum atomic E-state index is 13.3. The summed E-state index contributed by atoms with van der Waals surface area (Å²) in [6.07, 6.45) is 2.18. The average molecular weight is 426 g/mol. The normalized spacial score (nSPS) is 21.0. The number of hydrogen-bond acceptors (Lipinski definition) is 6. The Hall–Kier alpha value is -2.62. The quantitative estimate of drug-likeness (QED) is 0.611. The van der Waals surface area contributed by atoms with Crippen LogP contribution in [-0.2, 0) is 16.0 Å². The van der Waals surface area contributed by atoms with Crippen molar-refractivity contribution in [3.63, 3.8) is 0 Å². The lowest BCUT2D eigenvalue weighted by Gasteiger charge is -2.30. The van der Waals surface area contributed by atoms with Gasteiger partial charge in [-0.25, -0.2) is 4.68 Å². The van der Waals surface area contributed by atoms with Crippen LogP contribution in [0.2, 0.25) is 0 Å². The molecule has 3 aromatic rings. The van der Waals surface area contributed by atoms with Crippen LogP contribution < -0.4 is 10.5 Å². The fourth-order valence-electron chi connectivity index (χ4n) is 4.91. The summed E-state index contributed by atoms with van der Waals surface area (Å²) in [5.74, 6) is 0.710. The molecule has 2 saturated heterocycles. The van der Waals surface area contributed by atoms with E-state index in [4.69, 9.17) is 9.47 Å². The summed E-state index contributed by atoms with van der Waals surface area (Å²) in [5.41, 5.74) is 3.72. The summed E-state index contributed by atoms with van der Waals surface area (Å²) in [6.45, 7) is 8.38. The molecule has 0 saturated carbocycles. The number of quaternary nitrogens is 1. The molecule has 2 aromatic heterocycles. The molecule has 9 nitrogen and oxygen atoms in total. The van der Waals surface area contributed by atoms with Crippen LogP contribution in [0.1, 0.15) is 41.4 Å². The number of aromatic nitrogens is 5. The number of nitrogens with one attached hydrogen (secondary N) is 2. The van der Waals surface area contributed by atoms with Gasteiger partial charge in [-0.3, -0.25) is 4.79 Å². The van der Waals surface area contributed by atoms with E-state index in [0.717, 1.165) is 49.0 Å². The smallest absolute Gasteiger partial charge is 0.258 e. The Kier molecular flexibility index (Phi) is 5.56. The number of aryl methyl sites for hydroxylation is 2. The third kappa shape index (κ3) is 4.00. The molecule has 1 aromatic carbocycles. The summed E-state index contributed by atoms with van der Waals surface area (Å²) < 4.78 is 13.2. The summed E-state index contributed by atoms with van der Waals surface area (Å²) in [6, 6.07) is 5.95. The Morgan fingerprint density at radius 3 is 2.84 bits per heavy atom. The number of benzene rings is 1. The van der Waals surface area contributed by atoms with Crippen molar-refractivity contribution in [2.24, 2.45) is 0 Å². The number of ether oxygens (including phenoxy) is 2. The average Bonchev–Trinajstić information content (AvgIpc) is 3.43. The number of morpholine rings is 1. The Balaban J connectivity index is 1.62. The first-order chi connectivity index (χ1) is 15.1. The molecule has 2 aliphatic heterocycles.